The fourth-order valence-electron chi connectivity index (χ4n) is 3.26. The van der Waals surface area contributed by atoms with Gasteiger partial charge in [-0.3, -0.25) is 15.3 Å². The van der Waals surface area contributed by atoms with Crippen LogP contribution in [0.2, 0.25) is 0 Å². The summed E-state index contributed by atoms with van der Waals surface area (Å²) in [7, 11) is 0. The second kappa shape index (κ2) is 15.8. The molecule has 2 aromatic carbocycles. The van der Waals surface area contributed by atoms with Crippen LogP contribution in [-0.2, 0) is 14.3 Å². The monoisotopic (exact) mass is 504 g/mol. The molecule has 0 aromatic heterocycles. The predicted octanol–water partition coefficient (Wildman–Crippen LogP) is 4.32. The van der Waals surface area contributed by atoms with Gasteiger partial charge in [0.15, 0.2) is 6.10 Å². The Balaban J connectivity index is 2.24. The van der Waals surface area contributed by atoms with Gasteiger partial charge in [-0.2, -0.15) is 0 Å². The first kappa shape index (κ1) is 28.2. The number of benzene rings is 2. The highest BCUT2D eigenvalue weighted by molar-refractivity contribution is 7.98. The van der Waals surface area contributed by atoms with E-state index < -0.39 is 24.2 Å². The van der Waals surface area contributed by atoms with Crippen molar-refractivity contribution in [2.45, 2.75) is 36.9 Å². The summed E-state index contributed by atoms with van der Waals surface area (Å²) in [5.74, 6) is -0.112. The summed E-state index contributed by atoms with van der Waals surface area (Å²) < 4.78 is 17.3. The molecule has 0 unspecified atom stereocenters. The molecule has 0 saturated heterocycles. The number of amides is 2. The number of anilines is 1. The van der Waals surface area contributed by atoms with E-state index in [4.69, 9.17) is 24.5 Å². The number of carbonyl (C=O) groups is 2. The van der Waals surface area contributed by atoms with Crippen LogP contribution in [-0.4, -0.2) is 54.5 Å². The van der Waals surface area contributed by atoms with Gasteiger partial charge in [-0.05, 0) is 68.0 Å². The zero-order valence-electron chi connectivity index (χ0n) is 19.8. The minimum Gasteiger partial charge on any atom is -0.491 e. The molecule has 35 heavy (non-hydrogen) atoms. The summed E-state index contributed by atoms with van der Waals surface area (Å²) in [6.45, 7) is 2.22. The van der Waals surface area contributed by atoms with Crippen LogP contribution in [0.15, 0.2) is 65.6 Å². The van der Waals surface area contributed by atoms with Crippen molar-refractivity contribution >= 4 is 29.4 Å². The molecule has 0 fully saturated rings. The molecular weight excluding hydrogens is 472 g/mol. The first-order valence-corrected chi connectivity index (χ1v) is 12.4. The number of hydrogen-bond donors (Lipinski definition) is 4. The van der Waals surface area contributed by atoms with E-state index in [2.05, 4.69) is 5.32 Å². The minimum absolute atomic E-state index is 0.128. The van der Waals surface area contributed by atoms with Gasteiger partial charge in [0.1, 0.15) is 12.4 Å². The maximum absolute atomic E-state index is 12.8. The van der Waals surface area contributed by atoms with E-state index in [0.29, 0.717) is 36.4 Å². The molecule has 190 valence electrons. The van der Waals surface area contributed by atoms with E-state index in [-0.39, 0.29) is 13.2 Å². The van der Waals surface area contributed by atoms with Crippen LogP contribution in [0, 0.1) is 0 Å². The normalized spacial score (nSPS) is 12.7. The van der Waals surface area contributed by atoms with E-state index in [1.165, 1.54) is 11.6 Å². The van der Waals surface area contributed by atoms with Gasteiger partial charge < -0.3 is 19.3 Å². The number of thioether (sulfide) groups is 1. The number of hydrogen-bond acceptors (Lipinski definition) is 8. The summed E-state index contributed by atoms with van der Waals surface area (Å²) in [4.78, 5) is 25.1. The van der Waals surface area contributed by atoms with Crippen molar-refractivity contribution in [3.05, 3.63) is 66.2 Å². The fourth-order valence-corrected chi connectivity index (χ4v) is 3.67. The quantitative estimate of drug-likeness (QED) is 0.130. The third kappa shape index (κ3) is 9.99. The summed E-state index contributed by atoms with van der Waals surface area (Å²) in [6, 6.07) is 14.4. The Morgan fingerprint density at radius 3 is 2.60 bits per heavy atom. The lowest BCUT2D eigenvalue weighted by Crippen LogP contribution is -2.29. The molecule has 0 aliphatic rings. The highest BCUT2D eigenvalue weighted by Crippen LogP contribution is 2.30. The van der Waals surface area contributed by atoms with Crippen LogP contribution >= 0.6 is 11.8 Å². The zero-order valence-corrected chi connectivity index (χ0v) is 20.6. The van der Waals surface area contributed by atoms with Crippen LogP contribution in [0.25, 0.3) is 0 Å². The van der Waals surface area contributed by atoms with Crippen molar-refractivity contribution in [2.24, 2.45) is 0 Å². The van der Waals surface area contributed by atoms with E-state index in [0.717, 1.165) is 4.90 Å². The van der Waals surface area contributed by atoms with Crippen molar-refractivity contribution in [1.29, 1.82) is 0 Å². The molecule has 0 saturated carbocycles. The van der Waals surface area contributed by atoms with Gasteiger partial charge in [0.25, 0.3) is 5.91 Å². The second-order valence-electron chi connectivity index (χ2n) is 7.27. The van der Waals surface area contributed by atoms with Gasteiger partial charge >= 0.3 is 6.09 Å². The van der Waals surface area contributed by atoms with E-state index >= 15 is 0 Å². The Hall–Kier alpha value is -3.05. The molecule has 0 aliphatic heterocycles. The largest absolute Gasteiger partial charge is 0.491 e. The lowest BCUT2D eigenvalue weighted by molar-refractivity contribution is -0.124. The third-order valence-corrected chi connectivity index (χ3v) is 5.58. The molecular formula is C25H32N2O7S. The van der Waals surface area contributed by atoms with E-state index in [1.807, 2.05) is 25.3 Å². The SMILES string of the molecule is CCO[C@H](CC/C=C/C(=O)NO)[C@H](OC(=O)Nc1ccc(SC)cc1)c1cccc(OCCO)c1. The molecule has 2 atom stereocenters. The van der Waals surface area contributed by atoms with E-state index in [9.17, 15) is 9.59 Å². The summed E-state index contributed by atoms with van der Waals surface area (Å²) >= 11 is 1.60. The fraction of sp³-hybridized carbons (Fsp3) is 0.360. The molecule has 2 aromatic rings. The molecule has 4 N–H and O–H groups in total. The first-order chi connectivity index (χ1) is 17.0. The van der Waals surface area contributed by atoms with Gasteiger partial charge in [0.2, 0.25) is 0 Å². The number of allylic oxidation sites excluding steroid dienone is 1. The summed E-state index contributed by atoms with van der Waals surface area (Å²) in [5.41, 5.74) is 2.79. The molecule has 0 bridgehead atoms. The molecule has 2 amide bonds. The number of rotatable bonds is 14. The standard InChI is InChI=1S/C25H32N2O7S/c1-3-32-22(9-4-5-10-23(29)27-31)24(18-7-6-8-20(17-18)33-16-15-28)34-25(30)26-19-11-13-21(35-2)14-12-19/h5-8,10-14,17,22,24,28,31H,3-4,9,15-16H2,1-2H3,(H,26,30)(H,27,29)/b10-5+/t22-,24-/m1/s1. The van der Waals surface area contributed by atoms with Crippen LogP contribution in [0.4, 0.5) is 10.5 Å². The maximum Gasteiger partial charge on any atom is 0.412 e. The Kier molecular flexibility index (Phi) is 12.7. The van der Waals surface area contributed by atoms with Crippen molar-refractivity contribution in [3.8, 4) is 5.75 Å². The second-order valence-corrected chi connectivity index (χ2v) is 8.15. The van der Waals surface area contributed by atoms with Crippen molar-refractivity contribution in [3.63, 3.8) is 0 Å². The molecule has 0 aliphatic carbocycles. The molecule has 0 radical (unpaired) electrons. The number of carbonyl (C=O) groups excluding carboxylic acids is 2. The smallest absolute Gasteiger partial charge is 0.412 e. The Morgan fingerprint density at radius 1 is 1.17 bits per heavy atom. The van der Waals surface area contributed by atoms with Gasteiger partial charge in [-0.1, -0.05) is 18.2 Å². The van der Waals surface area contributed by atoms with Gasteiger partial charge in [0.05, 0.1) is 12.7 Å². The molecule has 10 heteroatoms. The van der Waals surface area contributed by atoms with Crippen molar-refractivity contribution in [2.75, 3.05) is 31.4 Å². The number of aliphatic hydroxyl groups excluding tert-OH is 1. The molecule has 2 rings (SSSR count). The van der Waals surface area contributed by atoms with Crippen LogP contribution in [0.3, 0.4) is 0 Å². The lowest BCUT2D eigenvalue weighted by atomic mass is 10.00. The van der Waals surface area contributed by atoms with Gasteiger partial charge in [-0.15, -0.1) is 11.8 Å². The Labute approximate surface area is 209 Å². The molecule has 0 heterocycles. The average molecular weight is 505 g/mol. The summed E-state index contributed by atoms with van der Waals surface area (Å²) in [6.07, 6.45) is 3.71. The highest BCUT2D eigenvalue weighted by Gasteiger charge is 2.28. The topological polar surface area (TPSA) is 126 Å². The van der Waals surface area contributed by atoms with Crippen molar-refractivity contribution < 1.29 is 34.1 Å². The van der Waals surface area contributed by atoms with Crippen LogP contribution in [0.5, 0.6) is 5.75 Å². The Bertz CT molecular complexity index is 953. The third-order valence-electron chi connectivity index (χ3n) is 4.83. The number of hydroxylamine groups is 1. The number of nitrogens with one attached hydrogen (secondary N) is 2. The van der Waals surface area contributed by atoms with Crippen LogP contribution in [0.1, 0.15) is 31.4 Å². The highest BCUT2D eigenvalue weighted by atomic mass is 32.2. The minimum atomic E-state index is -0.779. The van der Waals surface area contributed by atoms with Gasteiger partial charge in [0, 0.05) is 23.3 Å². The lowest BCUT2D eigenvalue weighted by Gasteiger charge is -2.27. The molecule has 0 spiro atoms. The van der Waals surface area contributed by atoms with Crippen LogP contribution < -0.4 is 15.5 Å². The Morgan fingerprint density at radius 2 is 1.94 bits per heavy atom. The van der Waals surface area contributed by atoms with E-state index in [1.54, 1.807) is 54.2 Å². The maximum atomic E-state index is 12.8. The number of aliphatic hydroxyl groups is 1. The van der Waals surface area contributed by atoms with Crippen molar-refractivity contribution in [1.82, 2.24) is 5.48 Å². The van der Waals surface area contributed by atoms with Gasteiger partial charge in [-0.25, -0.2) is 10.3 Å². The zero-order chi connectivity index (χ0) is 25.5. The molecule has 9 nitrogen and oxygen atoms in total. The average Bonchev–Trinajstić information content (AvgIpc) is 2.88. The number of ether oxygens (including phenoxy) is 3. The summed E-state index contributed by atoms with van der Waals surface area (Å²) in [5, 5.41) is 20.4. The predicted molar refractivity (Wildman–Crippen MR) is 134 cm³/mol. The first-order valence-electron chi connectivity index (χ1n) is 11.2.